The van der Waals surface area contributed by atoms with Crippen molar-refractivity contribution in [1.82, 2.24) is 15.2 Å². The van der Waals surface area contributed by atoms with E-state index in [2.05, 4.69) is 22.1 Å². The van der Waals surface area contributed by atoms with E-state index in [1.807, 2.05) is 42.5 Å². The highest BCUT2D eigenvalue weighted by Crippen LogP contribution is 2.38. The van der Waals surface area contributed by atoms with Gasteiger partial charge in [-0.1, -0.05) is 19.1 Å². The summed E-state index contributed by atoms with van der Waals surface area (Å²) in [6.45, 7) is 5.72. The van der Waals surface area contributed by atoms with Crippen molar-refractivity contribution in [2.24, 2.45) is 5.92 Å². The van der Waals surface area contributed by atoms with Crippen molar-refractivity contribution in [3.05, 3.63) is 53.7 Å². The van der Waals surface area contributed by atoms with Gasteiger partial charge in [0, 0.05) is 48.2 Å². The minimum atomic E-state index is -0.690. The van der Waals surface area contributed by atoms with E-state index in [0.717, 1.165) is 79.0 Å². The molecule has 3 heterocycles. The number of hydrogen-bond donors (Lipinski definition) is 4. The van der Waals surface area contributed by atoms with Crippen LogP contribution in [-0.4, -0.2) is 83.7 Å². The van der Waals surface area contributed by atoms with Gasteiger partial charge in [0.2, 0.25) is 0 Å². The molecule has 1 aliphatic carbocycles. The van der Waals surface area contributed by atoms with Gasteiger partial charge in [0.15, 0.2) is 0 Å². The number of aliphatic hydroxyl groups excluding tert-OH is 1. The fourth-order valence-corrected chi connectivity index (χ4v) is 6.69. The Morgan fingerprint density at radius 3 is 2.81 bits per heavy atom. The number of ether oxygens (including phenoxy) is 3. The number of aromatic amines is 1. The first kappa shape index (κ1) is 28.8. The Hall–Kier alpha value is -3.27. The van der Waals surface area contributed by atoms with Gasteiger partial charge >= 0.3 is 0 Å². The number of hydrogen-bond acceptors (Lipinski definition) is 7. The topological polar surface area (TPSA) is 116 Å². The molecule has 1 amide bonds. The molecule has 0 radical (unpaired) electrons. The zero-order valence-electron chi connectivity index (χ0n) is 24.6. The molecule has 3 atom stereocenters. The molecule has 2 fully saturated rings. The van der Waals surface area contributed by atoms with Crippen LogP contribution in [0.25, 0.3) is 10.9 Å². The summed E-state index contributed by atoms with van der Waals surface area (Å²) in [4.78, 5) is 18.8. The quantitative estimate of drug-likeness (QED) is 0.301. The van der Waals surface area contributed by atoms with Crippen LogP contribution in [0.15, 0.2) is 42.5 Å². The molecular weight excluding hydrogens is 534 g/mol. The second-order valence-electron chi connectivity index (χ2n) is 12.5. The first-order valence-electron chi connectivity index (χ1n) is 15.3. The highest BCUT2D eigenvalue weighted by molar-refractivity contribution is 5.99. The molecule has 0 bridgehead atoms. The molecule has 1 saturated carbocycles. The van der Waals surface area contributed by atoms with E-state index < -0.39 is 5.60 Å². The predicted octanol–water partition coefficient (Wildman–Crippen LogP) is 4.23. The van der Waals surface area contributed by atoms with E-state index in [1.54, 1.807) is 7.11 Å². The van der Waals surface area contributed by atoms with Crippen LogP contribution < -0.4 is 19.5 Å². The molecule has 9 heteroatoms. The second kappa shape index (κ2) is 12.1. The molecule has 226 valence electrons. The maximum Gasteiger partial charge on any atom is 0.267 e. The molecule has 3 aromatic rings. The minimum Gasteiger partial charge on any atom is -0.497 e. The van der Waals surface area contributed by atoms with Crippen molar-refractivity contribution in [3.8, 4) is 17.2 Å². The molecule has 3 aliphatic rings. The van der Waals surface area contributed by atoms with E-state index in [4.69, 9.17) is 14.2 Å². The van der Waals surface area contributed by atoms with Gasteiger partial charge in [-0.25, -0.2) is 0 Å². The molecule has 0 spiro atoms. The lowest BCUT2D eigenvalue weighted by atomic mass is 9.80. The number of aromatic nitrogens is 1. The third-order valence-electron chi connectivity index (χ3n) is 9.50. The number of nitrogens with one attached hydrogen (secondary N) is 2. The molecule has 42 heavy (non-hydrogen) atoms. The van der Waals surface area contributed by atoms with Gasteiger partial charge in [0.05, 0.1) is 37.9 Å². The van der Waals surface area contributed by atoms with Crippen LogP contribution >= 0.6 is 0 Å². The van der Waals surface area contributed by atoms with Crippen LogP contribution in [-0.2, 0) is 0 Å². The molecule has 2 aliphatic heterocycles. The van der Waals surface area contributed by atoms with Gasteiger partial charge in [-0.3, -0.25) is 4.79 Å². The fraction of sp³-hybridized carbons (Fsp3) is 0.545. The van der Waals surface area contributed by atoms with Crippen molar-refractivity contribution in [2.45, 2.75) is 69.1 Å². The average molecular weight is 578 g/mol. The highest BCUT2D eigenvalue weighted by atomic mass is 16.5. The van der Waals surface area contributed by atoms with E-state index in [0.29, 0.717) is 31.7 Å². The summed E-state index contributed by atoms with van der Waals surface area (Å²) < 4.78 is 17.4. The van der Waals surface area contributed by atoms with Crippen molar-refractivity contribution >= 4 is 16.8 Å². The van der Waals surface area contributed by atoms with Gasteiger partial charge in [-0.15, -0.1) is 0 Å². The molecule has 9 nitrogen and oxygen atoms in total. The van der Waals surface area contributed by atoms with Crippen molar-refractivity contribution < 1.29 is 29.2 Å². The highest BCUT2D eigenvalue weighted by Gasteiger charge is 2.35. The summed E-state index contributed by atoms with van der Waals surface area (Å²) in [7, 11) is 1.64. The number of aliphatic hydroxyl groups is 2. The molecule has 6 rings (SSSR count). The van der Waals surface area contributed by atoms with E-state index in [1.165, 1.54) is 0 Å². The Morgan fingerprint density at radius 1 is 1.19 bits per heavy atom. The number of benzene rings is 2. The molecule has 1 saturated heterocycles. The zero-order valence-corrected chi connectivity index (χ0v) is 24.6. The maximum absolute atomic E-state index is 13.2. The normalized spacial score (nSPS) is 27.8. The number of carbonyl (C=O) groups excluding carboxylic acids is 1. The number of H-pyrrole nitrogens is 1. The summed E-state index contributed by atoms with van der Waals surface area (Å²) in [6, 6.07) is 13.6. The smallest absolute Gasteiger partial charge is 0.267 e. The number of piperidine rings is 1. The van der Waals surface area contributed by atoms with E-state index in [9.17, 15) is 15.0 Å². The Kier molecular flexibility index (Phi) is 8.34. The first-order valence-corrected chi connectivity index (χ1v) is 15.3. The number of likely N-dealkylation sites (tertiary alicyclic amines) is 1. The van der Waals surface area contributed by atoms with Crippen LogP contribution in [0.1, 0.15) is 67.4 Å². The standard InChI is InChI=1S/C33H43N3O6/c1-21-18-36(14-10-29(21)37)15-13-33(39)11-8-23(9-12-33)34-32(38)28-17-26-27(35-28)4-3-5-30(26)41-19-22-20-42-31-16-24(40-2)6-7-25(22)31/h3-7,16-17,21-23,29,35,37,39H,8-15,18-20H2,1-2H3,(H,34,38)/t21-,22?,23-,29-,33+/m0/s1. The number of methoxy groups -OCH3 is 1. The summed E-state index contributed by atoms with van der Waals surface area (Å²) >= 11 is 0. The lowest BCUT2D eigenvalue weighted by molar-refractivity contribution is -0.0272. The van der Waals surface area contributed by atoms with Crippen molar-refractivity contribution in [3.63, 3.8) is 0 Å². The maximum atomic E-state index is 13.2. The second-order valence-corrected chi connectivity index (χ2v) is 12.5. The lowest BCUT2D eigenvalue weighted by Gasteiger charge is -2.39. The van der Waals surface area contributed by atoms with E-state index >= 15 is 0 Å². The number of carbonyl (C=O) groups is 1. The molecule has 4 N–H and O–H groups in total. The van der Waals surface area contributed by atoms with Crippen LogP contribution in [0.4, 0.5) is 0 Å². The monoisotopic (exact) mass is 577 g/mol. The Bertz CT molecular complexity index is 1400. The van der Waals surface area contributed by atoms with Gasteiger partial charge in [-0.05, 0) is 68.7 Å². The first-order chi connectivity index (χ1) is 20.3. The molecule has 1 aromatic heterocycles. The number of rotatable bonds is 9. The van der Waals surface area contributed by atoms with Crippen molar-refractivity contribution in [2.75, 3.05) is 40.0 Å². The number of nitrogens with zero attached hydrogens (tertiary/aromatic N) is 1. The molecular formula is C33H43N3O6. The van der Waals surface area contributed by atoms with E-state index in [-0.39, 0.29) is 29.9 Å². The predicted molar refractivity (Wildman–Crippen MR) is 161 cm³/mol. The third kappa shape index (κ3) is 6.23. The van der Waals surface area contributed by atoms with Crippen LogP contribution in [0.3, 0.4) is 0 Å². The summed E-state index contributed by atoms with van der Waals surface area (Å²) in [5, 5.41) is 25.2. The molecule has 1 unspecified atom stereocenters. The summed E-state index contributed by atoms with van der Waals surface area (Å²) in [5.74, 6) is 2.58. The fourth-order valence-electron chi connectivity index (χ4n) is 6.69. The van der Waals surface area contributed by atoms with Gasteiger partial charge < -0.3 is 39.6 Å². The summed E-state index contributed by atoms with van der Waals surface area (Å²) in [6.07, 6.45) is 4.18. The summed E-state index contributed by atoms with van der Waals surface area (Å²) in [5.41, 5.74) is 1.77. The average Bonchev–Trinajstić information content (AvgIpc) is 3.62. The zero-order chi connectivity index (χ0) is 29.3. The third-order valence-corrected chi connectivity index (χ3v) is 9.50. The SMILES string of the molecule is COc1ccc2c(c1)OCC2COc1cccc2[nH]c(C(=O)N[C@H]3CC[C@](O)(CCN4CC[C@H](O)[C@@H](C)C4)CC3)cc12. The Morgan fingerprint density at radius 2 is 2.02 bits per heavy atom. The van der Waals surface area contributed by atoms with Gasteiger partial charge in [0.1, 0.15) is 22.9 Å². The Balaban J connectivity index is 1.02. The Labute approximate surface area is 247 Å². The van der Waals surface area contributed by atoms with Crippen LogP contribution in [0, 0.1) is 5.92 Å². The van der Waals surface area contributed by atoms with Gasteiger partial charge in [0.25, 0.3) is 5.91 Å². The number of amides is 1. The van der Waals surface area contributed by atoms with Crippen molar-refractivity contribution in [1.29, 1.82) is 0 Å². The van der Waals surface area contributed by atoms with Crippen LogP contribution in [0.5, 0.6) is 17.2 Å². The van der Waals surface area contributed by atoms with Crippen LogP contribution in [0.2, 0.25) is 0 Å². The van der Waals surface area contributed by atoms with Gasteiger partial charge in [-0.2, -0.15) is 0 Å². The number of fused-ring (bicyclic) bond motifs is 2. The largest absolute Gasteiger partial charge is 0.497 e. The lowest BCUT2D eigenvalue weighted by Crippen LogP contribution is -2.47. The molecule has 2 aromatic carbocycles. The minimum absolute atomic E-state index is 0.0334.